The van der Waals surface area contributed by atoms with Gasteiger partial charge in [-0.2, -0.15) is 5.26 Å². The molecule has 334 valence electrons. The van der Waals surface area contributed by atoms with Gasteiger partial charge in [0.15, 0.2) is 0 Å². The molecule has 1 amide bonds. The normalized spacial score (nSPS) is 17.6. The fourth-order valence-corrected chi connectivity index (χ4v) is 10.9. The molecule has 2 bridgehead atoms. The highest BCUT2D eigenvalue weighted by molar-refractivity contribution is 7.13. The Kier molecular flexibility index (Phi) is 17.4. The molecule has 1 N–H and O–H groups in total. The summed E-state index contributed by atoms with van der Waals surface area (Å²) in [5.41, 5.74) is 4.70. The average Bonchev–Trinajstić information content (AvgIpc) is 3.76. The zero-order valence-electron chi connectivity index (χ0n) is 37.1. The molecular formula is C52H60N4O6SSi. The first-order valence-electron chi connectivity index (χ1n) is 22.8. The highest BCUT2D eigenvalue weighted by Gasteiger charge is 2.46. The van der Waals surface area contributed by atoms with Crippen LogP contribution in [0.15, 0.2) is 115 Å². The summed E-state index contributed by atoms with van der Waals surface area (Å²) in [6.45, 7) is 10.1. The van der Waals surface area contributed by atoms with Crippen LogP contribution in [0.2, 0.25) is 0 Å². The van der Waals surface area contributed by atoms with E-state index in [4.69, 9.17) is 22.8 Å². The number of amides is 1. The largest absolute Gasteiger partial charge is 0.537 e. The van der Waals surface area contributed by atoms with E-state index in [1.807, 2.05) is 54.6 Å². The van der Waals surface area contributed by atoms with Crippen molar-refractivity contribution in [2.75, 3.05) is 62.9 Å². The molecular weight excluding hydrogens is 837 g/mol. The van der Waals surface area contributed by atoms with Crippen molar-refractivity contribution >= 4 is 72.2 Å². The zero-order valence-corrected chi connectivity index (χ0v) is 39.0. The van der Waals surface area contributed by atoms with Crippen LogP contribution in [-0.4, -0.2) is 72.3 Å². The number of anilines is 4. The fourth-order valence-electron chi connectivity index (χ4n) is 7.60. The van der Waals surface area contributed by atoms with Gasteiger partial charge in [0.25, 0.3) is 5.91 Å². The summed E-state index contributed by atoms with van der Waals surface area (Å²) in [6, 6.07) is 38.5. The number of nitriles is 1. The van der Waals surface area contributed by atoms with Gasteiger partial charge in [0.2, 0.25) is 0 Å². The van der Waals surface area contributed by atoms with Crippen molar-refractivity contribution in [3.05, 3.63) is 130 Å². The van der Waals surface area contributed by atoms with E-state index in [-0.39, 0.29) is 5.57 Å². The summed E-state index contributed by atoms with van der Waals surface area (Å²) >= 11 is 1.51. The van der Waals surface area contributed by atoms with Crippen molar-refractivity contribution in [3.63, 3.8) is 0 Å². The van der Waals surface area contributed by atoms with Gasteiger partial charge in [-0.15, -0.1) is 11.3 Å². The standard InChI is InChI=1S/C52H60N4O6SSi/c1-3-5-7-9-34-58-47-22-18-45(19-23-47)56(46-20-24-48(25-21-46)59-35-10-8-6-4-2)44-16-11-41(12-17-44)13-26-49-27-28-50(63-49)39-42(40-53)52(57)54-43-14-29-51(30-15-43)64-60-36-31-55(32-37-61-64)33-38-62-64/h11-30,39H,3-10,31-38H2,1-2H3,(H,54,57)/b26-13+,42-39+. The van der Waals surface area contributed by atoms with Crippen LogP contribution in [-0.2, 0) is 18.1 Å². The molecule has 4 heterocycles. The maximum absolute atomic E-state index is 13.2. The number of carbonyl (C=O) groups is 1. The predicted octanol–water partition coefficient (Wildman–Crippen LogP) is 11.4. The summed E-state index contributed by atoms with van der Waals surface area (Å²) in [4.78, 5) is 19.5. The van der Waals surface area contributed by atoms with E-state index in [1.54, 1.807) is 18.2 Å². The van der Waals surface area contributed by atoms with Crippen LogP contribution < -0.4 is 24.9 Å². The number of benzene rings is 4. The Morgan fingerprint density at radius 2 is 1.20 bits per heavy atom. The van der Waals surface area contributed by atoms with Gasteiger partial charge in [-0.25, -0.2) is 0 Å². The van der Waals surface area contributed by atoms with E-state index in [1.165, 1.54) is 49.9 Å². The molecule has 0 spiro atoms. The first-order valence-corrected chi connectivity index (χ1v) is 25.3. The van der Waals surface area contributed by atoms with Crippen LogP contribution in [0.25, 0.3) is 18.2 Å². The number of unbranched alkanes of at least 4 members (excludes halogenated alkanes) is 6. The molecule has 0 atom stereocenters. The molecule has 1 aromatic heterocycles. The van der Waals surface area contributed by atoms with Crippen molar-refractivity contribution in [1.29, 1.82) is 5.26 Å². The number of nitrogens with zero attached hydrogens (tertiary/aromatic N) is 3. The Bertz CT molecular complexity index is 2240. The first-order chi connectivity index (χ1) is 31.4. The summed E-state index contributed by atoms with van der Waals surface area (Å²) < 4.78 is 30.7. The molecule has 4 aromatic carbocycles. The van der Waals surface area contributed by atoms with E-state index in [2.05, 4.69) is 89.6 Å². The maximum Gasteiger partial charge on any atom is 0.537 e. The highest BCUT2D eigenvalue weighted by atomic mass is 32.1. The molecule has 8 rings (SSSR count). The minimum Gasteiger partial charge on any atom is -0.494 e. The van der Waals surface area contributed by atoms with Crippen molar-refractivity contribution in [1.82, 2.24) is 4.90 Å². The second kappa shape index (κ2) is 24.0. The Morgan fingerprint density at radius 3 is 1.72 bits per heavy atom. The van der Waals surface area contributed by atoms with Gasteiger partial charge in [0.05, 0.1) is 33.0 Å². The average molecular weight is 897 g/mol. The molecule has 3 fully saturated rings. The third kappa shape index (κ3) is 13.0. The summed E-state index contributed by atoms with van der Waals surface area (Å²) in [5.74, 6) is 1.27. The molecule has 64 heavy (non-hydrogen) atoms. The van der Waals surface area contributed by atoms with Crippen molar-refractivity contribution < 1.29 is 27.5 Å². The fraction of sp³-hybridized carbons (Fsp3) is 0.346. The van der Waals surface area contributed by atoms with E-state index in [9.17, 15) is 10.1 Å². The molecule has 10 nitrogen and oxygen atoms in total. The van der Waals surface area contributed by atoms with E-state index in [0.29, 0.717) is 25.5 Å². The second-order valence-corrected chi connectivity index (χ2v) is 19.7. The van der Waals surface area contributed by atoms with Gasteiger partial charge < -0.3 is 33.0 Å². The van der Waals surface area contributed by atoms with Gasteiger partial charge >= 0.3 is 8.80 Å². The van der Waals surface area contributed by atoms with Crippen molar-refractivity contribution in [3.8, 4) is 17.6 Å². The lowest BCUT2D eigenvalue weighted by molar-refractivity contribution is -0.112. The summed E-state index contributed by atoms with van der Waals surface area (Å²) in [5, 5.41) is 13.7. The lowest BCUT2D eigenvalue weighted by Crippen LogP contribution is -2.62. The molecule has 3 saturated heterocycles. The minimum atomic E-state index is -3.04. The van der Waals surface area contributed by atoms with E-state index < -0.39 is 14.7 Å². The molecule has 0 radical (unpaired) electrons. The third-order valence-electron chi connectivity index (χ3n) is 11.2. The Balaban J connectivity index is 0.991. The molecule has 3 aliphatic heterocycles. The molecule has 0 unspecified atom stereocenters. The topological polar surface area (TPSA) is 106 Å². The van der Waals surface area contributed by atoms with Crippen molar-refractivity contribution in [2.45, 2.75) is 65.2 Å². The van der Waals surface area contributed by atoms with Crippen LogP contribution in [0.3, 0.4) is 0 Å². The van der Waals surface area contributed by atoms with Gasteiger partial charge in [0, 0.05) is 57.3 Å². The molecule has 3 aliphatic rings. The van der Waals surface area contributed by atoms with Crippen LogP contribution in [0.4, 0.5) is 22.7 Å². The number of thiophene rings is 1. The van der Waals surface area contributed by atoms with Gasteiger partial charge in [-0.3, -0.25) is 9.69 Å². The number of ether oxygens (including phenoxy) is 2. The molecule has 0 saturated carbocycles. The highest BCUT2D eigenvalue weighted by Crippen LogP contribution is 2.36. The summed E-state index contributed by atoms with van der Waals surface area (Å²) in [7, 11) is -3.04. The minimum absolute atomic E-state index is 0.0170. The van der Waals surface area contributed by atoms with E-state index in [0.717, 1.165) is 94.8 Å². The number of hydrogen-bond donors (Lipinski definition) is 1. The third-order valence-corrected chi connectivity index (χ3v) is 15.0. The number of fused-ring (bicyclic) bond motifs is 6. The lowest BCUT2D eigenvalue weighted by atomic mass is 10.1. The van der Waals surface area contributed by atoms with E-state index >= 15 is 0 Å². The zero-order chi connectivity index (χ0) is 44.4. The lowest BCUT2D eigenvalue weighted by Gasteiger charge is -2.38. The Labute approximate surface area is 384 Å². The van der Waals surface area contributed by atoms with Crippen LogP contribution in [0.1, 0.15) is 80.5 Å². The van der Waals surface area contributed by atoms with Crippen LogP contribution in [0, 0.1) is 11.3 Å². The number of nitrogens with one attached hydrogen (secondary N) is 1. The van der Waals surface area contributed by atoms with Gasteiger partial charge in [0.1, 0.15) is 23.1 Å². The molecule has 12 heteroatoms. The van der Waals surface area contributed by atoms with Crippen LogP contribution in [0.5, 0.6) is 11.5 Å². The molecule has 0 aliphatic carbocycles. The number of hydrogen-bond acceptors (Lipinski definition) is 10. The monoisotopic (exact) mass is 896 g/mol. The summed E-state index contributed by atoms with van der Waals surface area (Å²) in [6.07, 6.45) is 15.1. The Hall–Kier alpha value is -5.52. The quantitative estimate of drug-likeness (QED) is 0.0333. The van der Waals surface area contributed by atoms with Crippen molar-refractivity contribution in [2.24, 2.45) is 0 Å². The number of carbonyl (C=O) groups excluding carboxylic acids is 1. The van der Waals surface area contributed by atoms with Crippen LogP contribution >= 0.6 is 11.3 Å². The van der Waals surface area contributed by atoms with Gasteiger partial charge in [-0.05, 0) is 115 Å². The Morgan fingerprint density at radius 1 is 0.688 bits per heavy atom. The molecule has 5 aromatic rings. The SMILES string of the molecule is CCCCCCOc1ccc(N(c2ccc(/C=C/c3ccc(/C=C(\C#N)C(=O)Nc4ccc([Si]56OCCN(CCO5)CCO6)cc4)s3)cc2)c2ccc(OCCCCCC)cc2)cc1. The number of rotatable bonds is 21. The predicted molar refractivity (Wildman–Crippen MR) is 262 cm³/mol. The smallest absolute Gasteiger partial charge is 0.494 e. The van der Waals surface area contributed by atoms with Gasteiger partial charge in [-0.1, -0.05) is 82.7 Å². The maximum atomic E-state index is 13.2. The first kappa shape index (κ1) is 46.5. The second-order valence-electron chi connectivity index (χ2n) is 16.0.